The monoisotopic (exact) mass is 286 g/mol. The summed E-state index contributed by atoms with van der Waals surface area (Å²) in [4.78, 5) is 24.6. The van der Waals surface area contributed by atoms with Gasteiger partial charge in [-0.05, 0) is 12.8 Å². The molecule has 4 rings (SSSR count). The van der Waals surface area contributed by atoms with Crippen LogP contribution in [0, 0.1) is 0 Å². The first-order valence-corrected chi connectivity index (χ1v) is 7.00. The number of hydrogen-bond acceptors (Lipinski definition) is 6. The molecule has 7 nitrogen and oxygen atoms in total. The van der Waals surface area contributed by atoms with E-state index in [9.17, 15) is 4.79 Å². The minimum atomic E-state index is -0.244. The van der Waals surface area contributed by atoms with Crippen LogP contribution in [-0.4, -0.2) is 29.6 Å². The van der Waals surface area contributed by atoms with Gasteiger partial charge in [0.05, 0.1) is 5.56 Å². The van der Waals surface area contributed by atoms with E-state index >= 15 is 0 Å². The van der Waals surface area contributed by atoms with Crippen molar-refractivity contribution in [1.82, 2.24) is 23.7 Å². The van der Waals surface area contributed by atoms with Gasteiger partial charge in [-0.25, -0.2) is 15.0 Å². The molecule has 3 heterocycles. The summed E-state index contributed by atoms with van der Waals surface area (Å²) in [5.74, 6) is 1.65. The molecular weight excluding hydrogens is 276 g/mol. The zero-order valence-electron chi connectivity index (χ0n) is 10.4. The second-order valence-electron chi connectivity index (χ2n) is 4.66. The van der Waals surface area contributed by atoms with Crippen LogP contribution in [0.25, 0.3) is 5.78 Å². The average Bonchev–Trinajstić information content (AvgIpc) is 3.02. The van der Waals surface area contributed by atoms with Crippen LogP contribution >= 0.6 is 11.5 Å². The number of carbonyl (C=O) groups is 1. The molecule has 0 bridgehead atoms. The molecule has 1 N–H and O–H groups in total. The summed E-state index contributed by atoms with van der Waals surface area (Å²) < 4.78 is 5.95. The molecule has 0 aromatic carbocycles. The zero-order chi connectivity index (χ0) is 13.5. The first-order chi connectivity index (χ1) is 9.79. The predicted octanol–water partition coefficient (Wildman–Crippen LogP) is 1.71. The lowest BCUT2D eigenvalue weighted by Crippen LogP contribution is -2.13. The number of nitrogens with zero attached hydrogens (tertiary/aromatic N) is 5. The summed E-state index contributed by atoms with van der Waals surface area (Å²) in [7, 11) is 0. The number of aromatic nitrogens is 5. The lowest BCUT2D eigenvalue weighted by atomic mass is 10.3. The Hall–Kier alpha value is -2.35. The molecule has 1 saturated carbocycles. The highest BCUT2D eigenvalue weighted by molar-refractivity contribution is 7.09. The van der Waals surface area contributed by atoms with E-state index in [-0.39, 0.29) is 5.91 Å². The first kappa shape index (κ1) is 11.5. The maximum atomic E-state index is 12.1. The Morgan fingerprint density at radius 1 is 1.40 bits per heavy atom. The van der Waals surface area contributed by atoms with Crippen molar-refractivity contribution in [2.75, 3.05) is 5.32 Å². The van der Waals surface area contributed by atoms with Crippen LogP contribution in [-0.2, 0) is 0 Å². The van der Waals surface area contributed by atoms with Gasteiger partial charge in [-0.1, -0.05) is 0 Å². The predicted molar refractivity (Wildman–Crippen MR) is 72.8 cm³/mol. The van der Waals surface area contributed by atoms with Gasteiger partial charge in [-0.15, -0.1) is 0 Å². The van der Waals surface area contributed by atoms with Crippen LogP contribution in [0.4, 0.5) is 5.13 Å². The number of carbonyl (C=O) groups excluding carboxylic acids is 1. The minimum Gasteiger partial charge on any atom is -0.296 e. The van der Waals surface area contributed by atoms with Gasteiger partial charge in [0.25, 0.3) is 5.91 Å². The number of rotatable bonds is 3. The number of anilines is 1. The van der Waals surface area contributed by atoms with Crippen molar-refractivity contribution in [3.05, 3.63) is 36.2 Å². The van der Waals surface area contributed by atoms with E-state index in [1.807, 2.05) is 0 Å². The van der Waals surface area contributed by atoms with Gasteiger partial charge in [0.1, 0.15) is 5.82 Å². The van der Waals surface area contributed by atoms with Crippen LogP contribution in [0.1, 0.15) is 34.9 Å². The second-order valence-corrected chi connectivity index (χ2v) is 5.42. The van der Waals surface area contributed by atoms with E-state index in [0.717, 1.165) is 18.7 Å². The molecular formula is C12H10N6OS. The van der Waals surface area contributed by atoms with E-state index in [2.05, 4.69) is 24.6 Å². The fourth-order valence-electron chi connectivity index (χ4n) is 1.90. The van der Waals surface area contributed by atoms with Gasteiger partial charge in [-0.2, -0.15) is 4.37 Å². The summed E-state index contributed by atoms with van der Waals surface area (Å²) in [6.07, 6.45) is 8.86. The Morgan fingerprint density at radius 2 is 2.30 bits per heavy atom. The maximum Gasteiger partial charge on any atom is 0.260 e. The second kappa shape index (κ2) is 4.34. The number of imidazole rings is 1. The summed E-state index contributed by atoms with van der Waals surface area (Å²) in [5.41, 5.74) is 0.457. The van der Waals surface area contributed by atoms with Crippen LogP contribution < -0.4 is 5.32 Å². The normalized spacial score (nSPS) is 14.6. The highest BCUT2D eigenvalue weighted by Gasteiger charge is 2.28. The molecule has 3 aromatic heterocycles. The van der Waals surface area contributed by atoms with Gasteiger partial charge in [0, 0.05) is 42.2 Å². The molecule has 1 fully saturated rings. The van der Waals surface area contributed by atoms with E-state index < -0.39 is 0 Å². The molecule has 0 aliphatic heterocycles. The molecule has 0 atom stereocenters. The summed E-state index contributed by atoms with van der Waals surface area (Å²) in [6.45, 7) is 0. The largest absolute Gasteiger partial charge is 0.296 e. The van der Waals surface area contributed by atoms with Gasteiger partial charge >= 0.3 is 0 Å². The summed E-state index contributed by atoms with van der Waals surface area (Å²) in [6, 6.07) is 0. The first-order valence-electron chi connectivity index (χ1n) is 6.23. The summed E-state index contributed by atoms with van der Waals surface area (Å²) >= 11 is 1.21. The van der Waals surface area contributed by atoms with E-state index in [0.29, 0.717) is 22.4 Å². The fraction of sp³-hybridized carbons (Fsp3) is 0.250. The quantitative estimate of drug-likeness (QED) is 0.792. The Balaban J connectivity index is 1.55. The van der Waals surface area contributed by atoms with Crippen LogP contribution in [0.2, 0.25) is 0 Å². The molecule has 8 heteroatoms. The Morgan fingerprint density at radius 3 is 3.15 bits per heavy atom. The molecule has 1 amide bonds. The molecule has 1 aliphatic rings. The summed E-state index contributed by atoms with van der Waals surface area (Å²) in [5, 5.41) is 3.28. The Labute approximate surface area is 117 Å². The smallest absolute Gasteiger partial charge is 0.260 e. The van der Waals surface area contributed by atoms with E-state index in [1.54, 1.807) is 23.0 Å². The van der Waals surface area contributed by atoms with Crippen molar-refractivity contribution in [1.29, 1.82) is 0 Å². The molecule has 100 valence electrons. The van der Waals surface area contributed by atoms with Gasteiger partial charge < -0.3 is 0 Å². The molecule has 0 radical (unpaired) electrons. The number of hydrogen-bond donors (Lipinski definition) is 1. The standard InChI is InChI=1S/C12H10N6OS/c19-10(8-5-14-11-13-3-4-18(11)6-8)16-12-15-9(17-20-12)7-1-2-7/h3-7H,1-2H2,(H,15,16,17,19). The highest BCUT2D eigenvalue weighted by Crippen LogP contribution is 2.39. The number of nitrogens with one attached hydrogen (secondary N) is 1. The van der Waals surface area contributed by atoms with Crippen LogP contribution in [0.15, 0.2) is 24.8 Å². The molecule has 20 heavy (non-hydrogen) atoms. The number of amides is 1. The van der Waals surface area contributed by atoms with E-state index in [1.165, 1.54) is 17.7 Å². The molecule has 3 aromatic rings. The van der Waals surface area contributed by atoms with Crippen molar-refractivity contribution in [3.63, 3.8) is 0 Å². The topological polar surface area (TPSA) is 85.1 Å². The van der Waals surface area contributed by atoms with Crippen molar-refractivity contribution in [3.8, 4) is 0 Å². The van der Waals surface area contributed by atoms with Gasteiger partial charge in [0.2, 0.25) is 10.9 Å². The van der Waals surface area contributed by atoms with Crippen molar-refractivity contribution in [2.45, 2.75) is 18.8 Å². The van der Waals surface area contributed by atoms with E-state index in [4.69, 9.17) is 0 Å². The molecule has 0 spiro atoms. The van der Waals surface area contributed by atoms with Crippen LogP contribution in [0.3, 0.4) is 0 Å². The third-order valence-corrected chi connectivity index (χ3v) is 3.76. The van der Waals surface area contributed by atoms with Crippen molar-refractivity contribution < 1.29 is 4.79 Å². The zero-order valence-corrected chi connectivity index (χ0v) is 11.2. The maximum absolute atomic E-state index is 12.1. The molecule has 0 saturated heterocycles. The Kier molecular flexibility index (Phi) is 2.49. The molecule has 1 aliphatic carbocycles. The van der Waals surface area contributed by atoms with Gasteiger partial charge in [0.15, 0.2) is 0 Å². The van der Waals surface area contributed by atoms with Crippen LogP contribution in [0.5, 0.6) is 0 Å². The third kappa shape index (κ3) is 2.03. The highest BCUT2D eigenvalue weighted by atomic mass is 32.1. The van der Waals surface area contributed by atoms with Crippen molar-refractivity contribution in [2.24, 2.45) is 0 Å². The minimum absolute atomic E-state index is 0.244. The SMILES string of the molecule is O=C(Nc1nc(C2CC2)ns1)c1cnc2nccn2c1. The third-order valence-electron chi connectivity index (χ3n) is 3.11. The fourth-order valence-corrected chi connectivity index (χ4v) is 2.54. The Bertz CT molecular complexity index is 790. The average molecular weight is 286 g/mol. The lowest BCUT2D eigenvalue weighted by molar-refractivity contribution is 0.102. The lowest BCUT2D eigenvalue weighted by Gasteiger charge is -2.01. The van der Waals surface area contributed by atoms with Gasteiger partial charge in [-0.3, -0.25) is 14.5 Å². The number of fused-ring (bicyclic) bond motifs is 1. The molecule has 0 unspecified atom stereocenters. The van der Waals surface area contributed by atoms with Crippen molar-refractivity contribution >= 4 is 28.3 Å².